The van der Waals surface area contributed by atoms with Crippen LogP contribution in [-0.4, -0.2) is 15.8 Å². The number of hydrogen-bond donors (Lipinski definition) is 1. The number of aryl methyl sites for hydroxylation is 2. The van der Waals surface area contributed by atoms with Crippen molar-refractivity contribution in [3.05, 3.63) is 66.2 Å². The van der Waals surface area contributed by atoms with Gasteiger partial charge in [0.2, 0.25) is 0 Å². The summed E-state index contributed by atoms with van der Waals surface area (Å²) < 4.78 is 1.98. The van der Waals surface area contributed by atoms with Crippen LogP contribution in [0.2, 0.25) is 0 Å². The molecule has 0 saturated heterocycles. The van der Waals surface area contributed by atoms with Gasteiger partial charge in [0.25, 0.3) is 0 Å². The standard InChI is InChI=1S/C19H20N4/c1-4-21-18-10-14(2)15(3)11-19(18)22-16-6-5-7-17(12-16)23-9-8-20-13-23/h4-13,22H,1-3H3/b21-4-. The maximum absolute atomic E-state index is 4.47. The second-order valence-corrected chi connectivity index (χ2v) is 5.49. The zero-order chi connectivity index (χ0) is 16.2. The van der Waals surface area contributed by atoms with Gasteiger partial charge in [-0.1, -0.05) is 6.07 Å². The Balaban J connectivity index is 1.96. The highest BCUT2D eigenvalue weighted by molar-refractivity contribution is 5.77. The van der Waals surface area contributed by atoms with Crippen LogP contribution in [-0.2, 0) is 0 Å². The molecule has 0 amide bonds. The molecule has 116 valence electrons. The summed E-state index contributed by atoms with van der Waals surface area (Å²) in [5, 5.41) is 3.48. The first-order chi connectivity index (χ1) is 11.2. The van der Waals surface area contributed by atoms with Crippen LogP contribution < -0.4 is 5.32 Å². The van der Waals surface area contributed by atoms with Gasteiger partial charge in [0.15, 0.2) is 0 Å². The summed E-state index contributed by atoms with van der Waals surface area (Å²) in [6.45, 7) is 6.15. The van der Waals surface area contributed by atoms with E-state index in [9.17, 15) is 0 Å². The molecule has 1 N–H and O–H groups in total. The fourth-order valence-electron chi connectivity index (χ4n) is 2.46. The number of hydrogen-bond acceptors (Lipinski definition) is 3. The van der Waals surface area contributed by atoms with Gasteiger partial charge in [-0.25, -0.2) is 4.98 Å². The van der Waals surface area contributed by atoms with Crippen LogP contribution in [0.5, 0.6) is 0 Å². The Morgan fingerprint density at radius 2 is 1.96 bits per heavy atom. The zero-order valence-corrected chi connectivity index (χ0v) is 13.6. The Labute approximate surface area is 136 Å². The lowest BCUT2D eigenvalue weighted by Crippen LogP contribution is -1.96. The van der Waals surface area contributed by atoms with E-state index in [0.717, 1.165) is 22.7 Å². The molecule has 3 rings (SSSR count). The van der Waals surface area contributed by atoms with E-state index < -0.39 is 0 Å². The Morgan fingerprint density at radius 1 is 1.13 bits per heavy atom. The fraction of sp³-hybridized carbons (Fsp3) is 0.158. The van der Waals surface area contributed by atoms with Crippen molar-refractivity contribution in [2.75, 3.05) is 5.32 Å². The van der Waals surface area contributed by atoms with Gasteiger partial charge in [0.05, 0.1) is 17.7 Å². The van der Waals surface area contributed by atoms with E-state index in [2.05, 4.69) is 59.5 Å². The van der Waals surface area contributed by atoms with Gasteiger partial charge in [-0.15, -0.1) is 0 Å². The molecule has 0 bridgehead atoms. The van der Waals surface area contributed by atoms with Crippen LogP contribution in [0.3, 0.4) is 0 Å². The van der Waals surface area contributed by atoms with E-state index in [1.54, 1.807) is 12.5 Å². The third-order valence-corrected chi connectivity index (χ3v) is 3.81. The summed E-state index contributed by atoms with van der Waals surface area (Å²) in [4.78, 5) is 8.57. The monoisotopic (exact) mass is 304 g/mol. The summed E-state index contributed by atoms with van der Waals surface area (Å²) >= 11 is 0. The minimum absolute atomic E-state index is 0.948. The normalized spacial score (nSPS) is 11.1. The predicted octanol–water partition coefficient (Wildman–Crippen LogP) is 4.95. The van der Waals surface area contributed by atoms with Crippen LogP contribution in [0.25, 0.3) is 5.69 Å². The van der Waals surface area contributed by atoms with Crippen molar-refractivity contribution >= 4 is 23.3 Å². The Morgan fingerprint density at radius 3 is 2.70 bits per heavy atom. The third-order valence-electron chi connectivity index (χ3n) is 3.81. The molecule has 3 aromatic rings. The lowest BCUT2D eigenvalue weighted by Gasteiger charge is -2.13. The molecule has 0 unspecified atom stereocenters. The number of nitrogens with zero attached hydrogens (tertiary/aromatic N) is 3. The number of imidazole rings is 1. The molecule has 0 atom stereocenters. The lowest BCUT2D eigenvalue weighted by atomic mass is 10.1. The summed E-state index contributed by atoms with van der Waals surface area (Å²) in [7, 11) is 0. The summed E-state index contributed by atoms with van der Waals surface area (Å²) in [5.41, 5.74) is 6.53. The SMILES string of the molecule is C/C=N\c1cc(C)c(C)cc1Nc1cccc(-n2ccnc2)c1. The topological polar surface area (TPSA) is 42.2 Å². The van der Waals surface area contributed by atoms with Gasteiger partial charge < -0.3 is 9.88 Å². The molecule has 1 heterocycles. The van der Waals surface area contributed by atoms with E-state index in [1.807, 2.05) is 30.0 Å². The molecule has 4 heteroatoms. The largest absolute Gasteiger partial charge is 0.354 e. The van der Waals surface area contributed by atoms with Crippen molar-refractivity contribution in [2.24, 2.45) is 4.99 Å². The summed E-state index contributed by atoms with van der Waals surface area (Å²) in [6, 6.07) is 12.5. The second-order valence-electron chi connectivity index (χ2n) is 5.49. The third kappa shape index (κ3) is 3.31. The van der Waals surface area contributed by atoms with Crippen molar-refractivity contribution in [1.29, 1.82) is 0 Å². The molecular formula is C19H20N4. The average molecular weight is 304 g/mol. The van der Waals surface area contributed by atoms with Crippen molar-refractivity contribution < 1.29 is 0 Å². The van der Waals surface area contributed by atoms with E-state index in [-0.39, 0.29) is 0 Å². The van der Waals surface area contributed by atoms with Crippen LogP contribution in [0.15, 0.2) is 60.1 Å². The van der Waals surface area contributed by atoms with E-state index in [0.29, 0.717) is 0 Å². The zero-order valence-electron chi connectivity index (χ0n) is 13.6. The molecule has 0 saturated carbocycles. The molecule has 0 radical (unpaired) electrons. The van der Waals surface area contributed by atoms with E-state index >= 15 is 0 Å². The number of benzene rings is 2. The van der Waals surface area contributed by atoms with E-state index in [4.69, 9.17) is 0 Å². The van der Waals surface area contributed by atoms with Crippen molar-refractivity contribution in [3.8, 4) is 5.69 Å². The lowest BCUT2D eigenvalue weighted by molar-refractivity contribution is 1.06. The van der Waals surface area contributed by atoms with Crippen LogP contribution in [0, 0.1) is 13.8 Å². The summed E-state index contributed by atoms with van der Waals surface area (Å²) in [6.07, 6.45) is 7.32. The Bertz CT molecular complexity index is 833. The molecule has 0 aliphatic heterocycles. The predicted molar refractivity (Wildman–Crippen MR) is 96.6 cm³/mol. The van der Waals surface area contributed by atoms with Gasteiger partial charge in [-0.2, -0.15) is 0 Å². The number of aliphatic imine (C=N–C) groups is 1. The van der Waals surface area contributed by atoms with Crippen LogP contribution in [0.4, 0.5) is 17.1 Å². The molecule has 0 aliphatic rings. The van der Waals surface area contributed by atoms with Gasteiger partial charge in [-0.3, -0.25) is 4.99 Å². The Kier molecular flexibility index (Phi) is 4.24. The molecule has 4 nitrogen and oxygen atoms in total. The molecule has 1 aromatic heterocycles. The van der Waals surface area contributed by atoms with Gasteiger partial charge in [0, 0.05) is 30.0 Å². The molecule has 0 fully saturated rings. The molecule has 2 aromatic carbocycles. The highest BCUT2D eigenvalue weighted by atomic mass is 15.0. The first kappa shape index (κ1) is 15.0. The molecular weight excluding hydrogens is 284 g/mol. The first-order valence-corrected chi connectivity index (χ1v) is 7.62. The molecule has 0 spiro atoms. The second kappa shape index (κ2) is 6.48. The van der Waals surface area contributed by atoms with E-state index in [1.165, 1.54) is 11.1 Å². The number of nitrogens with one attached hydrogen (secondary N) is 1. The molecule has 0 aliphatic carbocycles. The van der Waals surface area contributed by atoms with Crippen molar-refractivity contribution in [1.82, 2.24) is 9.55 Å². The summed E-state index contributed by atoms with van der Waals surface area (Å²) in [5.74, 6) is 0. The quantitative estimate of drug-likeness (QED) is 0.693. The highest BCUT2D eigenvalue weighted by Gasteiger charge is 2.06. The van der Waals surface area contributed by atoms with Crippen molar-refractivity contribution in [2.45, 2.75) is 20.8 Å². The molecule has 23 heavy (non-hydrogen) atoms. The fourth-order valence-corrected chi connectivity index (χ4v) is 2.46. The average Bonchev–Trinajstić information content (AvgIpc) is 3.07. The minimum atomic E-state index is 0.948. The van der Waals surface area contributed by atoms with Crippen molar-refractivity contribution in [3.63, 3.8) is 0 Å². The van der Waals surface area contributed by atoms with Gasteiger partial charge in [-0.05, 0) is 62.2 Å². The maximum Gasteiger partial charge on any atom is 0.0991 e. The number of rotatable bonds is 4. The van der Waals surface area contributed by atoms with Gasteiger partial charge >= 0.3 is 0 Å². The Hall–Kier alpha value is -2.88. The number of anilines is 2. The maximum atomic E-state index is 4.47. The van der Waals surface area contributed by atoms with Gasteiger partial charge in [0.1, 0.15) is 0 Å². The van der Waals surface area contributed by atoms with Crippen LogP contribution in [0.1, 0.15) is 18.1 Å². The smallest absolute Gasteiger partial charge is 0.0991 e. The van der Waals surface area contributed by atoms with Crippen LogP contribution >= 0.6 is 0 Å². The minimum Gasteiger partial charge on any atom is -0.354 e. The first-order valence-electron chi connectivity index (χ1n) is 7.62. The number of aromatic nitrogens is 2. The highest BCUT2D eigenvalue weighted by Crippen LogP contribution is 2.31.